The van der Waals surface area contributed by atoms with Gasteiger partial charge in [-0.1, -0.05) is 30.3 Å². The second-order valence-corrected chi connectivity index (χ2v) is 2.82. The van der Waals surface area contributed by atoms with Crippen molar-refractivity contribution in [2.45, 2.75) is 12.2 Å². The van der Waals surface area contributed by atoms with Gasteiger partial charge < -0.3 is 14.9 Å². The van der Waals surface area contributed by atoms with Gasteiger partial charge in [0.2, 0.25) is 0 Å². The molecule has 1 aromatic carbocycles. The Bertz CT molecular complexity index is 296. The first-order valence-electron chi connectivity index (χ1n) is 4.15. The van der Waals surface area contributed by atoms with Gasteiger partial charge in [-0.25, -0.2) is 4.79 Å². The maximum Gasteiger partial charge on any atom is 0.337 e. The van der Waals surface area contributed by atoms with Crippen LogP contribution in [0.25, 0.3) is 0 Å². The Balaban J connectivity index is 2.75. The van der Waals surface area contributed by atoms with Crippen LogP contribution in [0.4, 0.5) is 0 Å². The average molecular weight is 196 g/mol. The van der Waals surface area contributed by atoms with E-state index in [1.165, 1.54) is 0 Å². The zero-order valence-electron chi connectivity index (χ0n) is 7.75. The molecule has 0 aliphatic carbocycles. The molecule has 0 spiro atoms. The van der Waals surface area contributed by atoms with Gasteiger partial charge in [0.05, 0.1) is 7.11 Å². The minimum absolute atomic E-state index is 0.477. The Morgan fingerprint density at radius 3 is 2.36 bits per heavy atom. The Morgan fingerprint density at radius 2 is 1.86 bits per heavy atom. The Kier molecular flexibility index (Phi) is 3.62. The molecule has 0 unspecified atom stereocenters. The number of methoxy groups -OCH3 is 1. The average Bonchev–Trinajstić information content (AvgIpc) is 2.27. The number of carbonyl (C=O) groups excluding carboxylic acids is 1. The number of carbonyl (C=O) groups is 1. The predicted molar refractivity (Wildman–Crippen MR) is 49.4 cm³/mol. The molecule has 4 heteroatoms. The monoisotopic (exact) mass is 196 g/mol. The number of rotatable bonds is 3. The van der Waals surface area contributed by atoms with Gasteiger partial charge in [0.25, 0.3) is 0 Å². The highest BCUT2D eigenvalue weighted by Gasteiger charge is 2.25. The molecule has 0 saturated heterocycles. The Hall–Kier alpha value is -1.39. The van der Waals surface area contributed by atoms with Crippen LogP contribution in [0.15, 0.2) is 30.3 Å². The van der Waals surface area contributed by atoms with E-state index in [9.17, 15) is 15.0 Å². The maximum absolute atomic E-state index is 10.9. The van der Waals surface area contributed by atoms with Crippen LogP contribution in [-0.4, -0.2) is 29.4 Å². The van der Waals surface area contributed by atoms with Crippen molar-refractivity contribution >= 4 is 5.97 Å². The van der Waals surface area contributed by atoms with E-state index >= 15 is 0 Å². The summed E-state index contributed by atoms with van der Waals surface area (Å²) in [5.41, 5.74) is 0.477. The van der Waals surface area contributed by atoms with E-state index in [0.29, 0.717) is 5.56 Å². The highest BCUT2D eigenvalue weighted by molar-refractivity contribution is 5.75. The first-order valence-corrected chi connectivity index (χ1v) is 4.15. The molecule has 0 bridgehead atoms. The fourth-order valence-electron chi connectivity index (χ4n) is 1.08. The lowest BCUT2D eigenvalue weighted by Crippen LogP contribution is -2.28. The van der Waals surface area contributed by atoms with Crippen LogP contribution >= 0.6 is 0 Å². The zero-order chi connectivity index (χ0) is 10.6. The molecule has 0 aliphatic rings. The number of esters is 1. The molecule has 2 N–H and O–H groups in total. The van der Waals surface area contributed by atoms with Gasteiger partial charge in [0, 0.05) is 0 Å². The summed E-state index contributed by atoms with van der Waals surface area (Å²) in [6.45, 7) is 0. The molecular formula is C10H12O4. The summed E-state index contributed by atoms with van der Waals surface area (Å²) in [5, 5.41) is 18.9. The van der Waals surface area contributed by atoms with Gasteiger partial charge in [-0.3, -0.25) is 0 Å². The molecule has 1 aromatic rings. The molecule has 14 heavy (non-hydrogen) atoms. The van der Waals surface area contributed by atoms with Crippen LogP contribution in [0.2, 0.25) is 0 Å². The highest BCUT2D eigenvalue weighted by atomic mass is 16.5. The molecule has 0 aliphatic heterocycles. The largest absolute Gasteiger partial charge is 0.467 e. The van der Waals surface area contributed by atoms with Crippen molar-refractivity contribution in [1.29, 1.82) is 0 Å². The van der Waals surface area contributed by atoms with Gasteiger partial charge in [0.15, 0.2) is 6.10 Å². The molecule has 0 heterocycles. The number of hydrogen-bond donors (Lipinski definition) is 2. The molecule has 4 nitrogen and oxygen atoms in total. The summed E-state index contributed by atoms with van der Waals surface area (Å²) in [6, 6.07) is 8.44. The van der Waals surface area contributed by atoms with Crippen LogP contribution in [-0.2, 0) is 9.53 Å². The first-order chi connectivity index (χ1) is 6.66. The lowest BCUT2D eigenvalue weighted by molar-refractivity contribution is -0.156. The summed E-state index contributed by atoms with van der Waals surface area (Å²) >= 11 is 0. The van der Waals surface area contributed by atoms with E-state index in [1.54, 1.807) is 30.3 Å². The second kappa shape index (κ2) is 4.74. The van der Waals surface area contributed by atoms with Gasteiger partial charge in [-0.2, -0.15) is 0 Å². The SMILES string of the molecule is COC(=O)[C@H](O)[C@H](O)c1ccccc1. The van der Waals surface area contributed by atoms with Crippen molar-refractivity contribution in [2.75, 3.05) is 7.11 Å². The first kappa shape index (κ1) is 10.7. The topological polar surface area (TPSA) is 66.8 Å². The predicted octanol–water partition coefficient (Wildman–Crippen LogP) is 0.254. The molecular weight excluding hydrogens is 184 g/mol. The normalized spacial score (nSPS) is 14.5. The number of aliphatic hydroxyl groups excluding tert-OH is 2. The quantitative estimate of drug-likeness (QED) is 0.680. The van der Waals surface area contributed by atoms with Crippen molar-refractivity contribution in [2.24, 2.45) is 0 Å². The van der Waals surface area contributed by atoms with E-state index in [1.807, 2.05) is 0 Å². The Morgan fingerprint density at radius 1 is 1.29 bits per heavy atom. The Labute approximate surface area is 81.8 Å². The van der Waals surface area contributed by atoms with Crippen molar-refractivity contribution < 1.29 is 19.7 Å². The third kappa shape index (κ3) is 2.31. The highest BCUT2D eigenvalue weighted by Crippen LogP contribution is 2.16. The van der Waals surface area contributed by atoms with E-state index in [4.69, 9.17) is 0 Å². The summed E-state index contributed by atoms with van der Waals surface area (Å²) in [6.07, 6.45) is -2.79. The number of hydrogen-bond acceptors (Lipinski definition) is 4. The molecule has 0 amide bonds. The van der Waals surface area contributed by atoms with E-state index in [-0.39, 0.29) is 0 Å². The molecule has 0 saturated carbocycles. The summed E-state index contributed by atoms with van der Waals surface area (Å²) in [5.74, 6) is -0.846. The van der Waals surface area contributed by atoms with Crippen molar-refractivity contribution in [3.8, 4) is 0 Å². The van der Waals surface area contributed by atoms with Crippen LogP contribution < -0.4 is 0 Å². The van der Waals surface area contributed by atoms with Crippen LogP contribution in [0.5, 0.6) is 0 Å². The third-order valence-electron chi connectivity index (χ3n) is 1.88. The van der Waals surface area contributed by atoms with Crippen LogP contribution in [0.1, 0.15) is 11.7 Å². The molecule has 0 fully saturated rings. The van der Waals surface area contributed by atoms with Crippen LogP contribution in [0, 0.1) is 0 Å². The summed E-state index contributed by atoms with van der Waals surface area (Å²) < 4.78 is 4.31. The third-order valence-corrected chi connectivity index (χ3v) is 1.88. The van der Waals surface area contributed by atoms with Gasteiger partial charge in [-0.05, 0) is 5.56 Å². The summed E-state index contributed by atoms with van der Waals surface area (Å²) in [7, 11) is 1.16. The molecule has 0 aromatic heterocycles. The van der Waals surface area contributed by atoms with Crippen molar-refractivity contribution in [3.05, 3.63) is 35.9 Å². The fraction of sp³-hybridized carbons (Fsp3) is 0.300. The second-order valence-electron chi connectivity index (χ2n) is 2.82. The van der Waals surface area contributed by atoms with Gasteiger partial charge >= 0.3 is 5.97 Å². The van der Waals surface area contributed by atoms with Gasteiger partial charge in [-0.15, -0.1) is 0 Å². The fourth-order valence-corrected chi connectivity index (χ4v) is 1.08. The van der Waals surface area contributed by atoms with E-state index in [0.717, 1.165) is 7.11 Å². The number of ether oxygens (including phenoxy) is 1. The van der Waals surface area contributed by atoms with Gasteiger partial charge in [0.1, 0.15) is 6.10 Å². The standard InChI is InChI=1S/C10H12O4/c1-14-10(13)9(12)8(11)7-5-3-2-4-6-7/h2-6,8-9,11-12H,1H3/t8-,9-/m1/s1. The van der Waals surface area contributed by atoms with Crippen LogP contribution in [0.3, 0.4) is 0 Å². The van der Waals surface area contributed by atoms with E-state index in [2.05, 4.69) is 4.74 Å². The lowest BCUT2D eigenvalue weighted by atomic mass is 10.1. The molecule has 2 atom stereocenters. The van der Waals surface area contributed by atoms with Crippen molar-refractivity contribution in [3.63, 3.8) is 0 Å². The lowest BCUT2D eigenvalue weighted by Gasteiger charge is -2.15. The smallest absolute Gasteiger partial charge is 0.337 e. The van der Waals surface area contributed by atoms with E-state index < -0.39 is 18.2 Å². The zero-order valence-corrected chi connectivity index (χ0v) is 7.75. The summed E-state index contributed by atoms with van der Waals surface area (Å²) in [4.78, 5) is 10.9. The molecule has 76 valence electrons. The minimum atomic E-state index is -1.54. The maximum atomic E-state index is 10.9. The minimum Gasteiger partial charge on any atom is -0.467 e. The van der Waals surface area contributed by atoms with Crippen molar-refractivity contribution in [1.82, 2.24) is 0 Å². The number of aliphatic hydroxyl groups is 2. The molecule has 1 rings (SSSR count). The molecule has 0 radical (unpaired) electrons. The number of benzene rings is 1.